The molecule has 2 aliphatic rings. The van der Waals surface area contributed by atoms with E-state index in [0.29, 0.717) is 18.3 Å². The minimum atomic E-state index is -0.148. The summed E-state index contributed by atoms with van der Waals surface area (Å²) in [5.74, 6) is 0.396. The van der Waals surface area contributed by atoms with E-state index in [4.69, 9.17) is 9.57 Å². The zero-order valence-corrected chi connectivity index (χ0v) is 16.0. The van der Waals surface area contributed by atoms with Crippen LogP contribution >= 0.6 is 12.6 Å². The molecule has 0 atom stereocenters. The first-order chi connectivity index (χ1) is 10.7. The normalized spacial score (nSPS) is 26.1. The van der Waals surface area contributed by atoms with Gasteiger partial charge in [-0.3, -0.25) is 9.63 Å². The molecule has 4 nitrogen and oxygen atoms in total. The number of hydrogen-bond acceptors (Lipinski definition) is 5. The van der Waals surface area contributed by atoms with Gasteiger partial charge in [0.15, 0.2) is 0 Å². The van der Waals surface area contributed by atoms with Crippen molar-refractivity contribution in [2.24, 2.45) is 0 Å². The maximum atomic E-state index is 11.8. The molecule has 5 heteroatoms. The number of hydrogen-bond donors (Lipinski definition) is 1. The van der Waals surface area contributed by atoms with Crippen molar-refractivity contribution < 1.29 is 14.4 Å². The van der Waals surface area contributed by atoms with Gasteiger partial charge in [-0.15, -0.1) is 0 Å². The number of nitrogens with zero attached hydrogens (tertiary/aromatic N) is 1. The predicted octanol–water partition coefficient (Wildman–Crippen LogP) is 4.14. The van der Waals surface area contributed by atoms with Crippen LogP contribution in [0.1, 0.15) is 79.1 Å². The van der Waals surface area contributed by atoms with E-state index in [2.05, 4.69) is 45.4 Å². The van der Waals surface area contributed by atoms with E-state index < -0.39 is 0 Å². The van der Waals surface area contributed by atoms with Gasteiger partial charge in [-0.05, 0) is 40.5 Å². The summed E-state index contributed by atoms with van der Waals surface area (Å²) in [6.07, 6.45) is 8.46. The average molecular weight is 344 g/mol. The van der Waals surface area contributed by atoms with Gasteiger partial charge >= 0.3 is 5.97 Å². The third-order valence-corrected chi connectivity index (χ3v) is 5.20. The molecule has 1 saturated carbocycles. The number of rotatable bonds is 5. The van der Waals surface area contributed by atoms with Crippen LogP contribution < -0.4 is 0 Å². The van der Waals surface area contributed by atoms with Gasteiger partial charge in [-0.2, -0.15) is 17.7 Å². The van der Waals surface area contributed by atoms with Crippen LogP contribution in [0, 0.1) is 0 Å². The van der Waals surface area contributed by atoms with Crippen molar-refractivity contribution in [3.8, 4) is 0 Å². The van der Waals surface area contributed by atoms with E-state index in [1.54, 1.807) is 0 Å². The summed E-state index contributed by atoms with van der Waals surface area (Å²) in [5, 5.41) is 2.19. The smallest absolute Gasteiger partial charge is 0.306 e. The Bertz CT molecular complexity index is 387. The minimum absolute atomic E-state index is 0.0430. The second-order valence-electron chi connectivity index (χ2n) is 8.28. The molecule has 2 rings (SSSR count). The first-order valence-electron chi connectivity index (χ1n) is 9.02. The molecular weight excluding hydrogens is 310 g/mol. The van der Waals surface area contributed by atoms with Crippen LogP contribution in [0.4, 0.5) is 0 Å². The molecule has 0 unspecified atom stereocenters. The number of esters is 1. The zero-order chi connectivity index (χ0) is 17.1. The second-order valence-corrected chi connectivity index (χ2v) is 8.73. The first kappa shape index (κ1) is 19.1. The molecule has 0 aromatic rings. The largest absolute Gasteiger partial charge is 0.462 e. The van der Waals surface area contributed by atoms with E-state index in [-0.39, 0.29) is 23.2 Å². The zero-order valence-electron chi connectivity index (χ0n) is 15.1. The SMILES string of the molecule is CC1(C)CC(OC(=O)CCS)CC(C)(C)N1OC1CCCCC1. The lowest BCUT2D eigenvalue weighted by Gasteiger charge is -2.54. The van der Waals surface area contributed by atoms with E-state index >= 15 is 0 Å². The molecule has 23 heavy (non-hydrogen) atoms. The molecule has 1 saturated heterocycles. The summed E-state index contributed by atoms with van der Waals surface area (Å²) in [7, 11) is 0. The van der Waals surface area contributed by atoms with E-state index in [0.717, 1.165) is 25.7 Å². The van der Waals surface area contributed by atoms with Crippen LogP contribution in [-0.4, -0.2) is 40.1 Å². The highest BCUT2D eigenvalue weighted by molar-refractivity contribution is 7.80. The second kappa shape index (κ2) is 7.75. The van der Waals surface area contributed by atoms with Gasteiger partial charge in [0.25, 0.3) is 0 Å². The van der Waals surface area contributed by atoms with E-state index in [1.165, 1.54) is 19.3 Å². The maximum absolute atomic E-state index is 11.8. The third kappa shape index (κ3) is 5.10. The van der Waals surface area contributed by atoms with Gasteiger partial charge in [0.1, 0.15) is 6.10 Å². The number of thiol groups is 1. The molecule has 0 amide bonds. The highest BCUT2D eigenvalue weighted by atomic mass is 32.1. The average Bonchev–Trinajstić information content (AvgIpc) is 2.43. The lowest BCUT2D eigenvalue weighted by atomic mass is 9.80. The Morgan fingerprint density at radius 3 is 2.13 bits per heavy atom. The van der Waals surface area contributed by atoms with E-state index in [9.17, 15) is 4.79 Å². The Hall–Kier alpha value is -0.260. The van der Waals surface area contributed by atoms with Gasteiger partial charge in [0.05, 0.1) is 12.5 Å². The predicted molar refractivity (Wildman–Crippen MR) is 95.5 cm³/mol. The first-order valence-corrected chi connectivity index (χ1v) is 9.65. The fraction of sp³-hybridized carbons (Fsp3) is 0.944. The molecule has 134 valence electrons. The maximum Gasteiger partial charge on any atom is 0.306 e. The number of carbonyl (C=O) groups is 1. The Morgan fingerprint density at radius 2 is 1.61 bits per heavy atom. The standard InChI is InChI=1S/C18H33NO3S/c1-17(2)12-15(21-16(20)10-11-23)13-18(3,4)19(17)22-14-8-6-5-7-9-14/h14-15,23H,5-13H2,1-4H3. The monoisotopic (exact) mass is 343 g/mol. The Morgan fingerprint density at radius 1 is 1.04 bits per heavy atom. The van der Waals surface area contributed by atoms with Gasteiger partial charge < -0.3 is 4.74 Å². The number of piperidine rings is 1. The highest BCUT2D eigenvalue weighted by Crippen LogP contribution is 2.41. The summed E-state index contributed by atoms with van der Waals surface area (Å²) in [6.45, 7) is 8.76. The summed E-state index contributed by atoms with van der Waals surface area (Å²) in [5.41, 5.74) is -0.295. The minimum Gasteiger partial charge on any atom is -0.462 e. The summed E-state index contributed by atoms with van der Waals surface area (Å²) >= 11 is 4.10. The Labute approximate surface area is 146 Å². The van der Waals surface area contributed by atoms with Gasteiger partial charge in [-0.1, -0.05) is 19.3 Å². The van der Waals surface area contributed by atoms with Crippen LogP contribution in [0.5, 0.6) is 0 Å². The Kier molecular flexibility index (Phi) is 6.42. The van der Waals surface area contributed by atoms with Crippen LogP contribution in [0.25, 0.3) is 0 Å². The number of ether oxygens (including phenoxy) is 1. The lowest BCUT2D eigenvalue weighted by molar-refractivity contribution is -0.318. The molecule has 0 bridgehead atoms. The van der Waals surface area contributed by atoms with Crippen molar-refractivity contribution in [1.29, 1.82) is 0 Å². The topological polar surface area (TPSA) is 38.8 Å². The molecule has 0 N–H and O–H groups in total. The molecular formula is C18H33NO3S. The molecule has 0 aromatic carbocycles. The fourth-order valence-corrected chi connectivity index (χ4v) is 4.38. The van der Waals surface area contributed by atoms with Crippen molar-refractivity contribution in [2.75, 3.05) is 5.75 Å². The van der Waals surface area contributed by atoms with Crippen LogP contribution in [0.3, 0.4) is 0 Å². The summed E-state index contributed by atoms with van der Waals surface area (Å²) in [6, 6.07) is 0. The molecule has 0 radical (unpaired) electrons. The number of carbonyl (C=O) groups excluding carboxylic acids is 1. The van der Waals surface area contributed by atoms with Crippen molar-refractivity contribution >= 4 is 18.6 Å². The van der Waals surface area contributed by atoms with E-state index in [1.807, 2.05) is 0 Å². The molecule has 1 heterocycles. The quantitative estimate of drug-likeness (QED) is 0.601. The summed E-state index contributed by atoms with van der Waals surface area (Å²) < 4.78 is 5.67. The van der Waals surface area contributed by atoms with Gasteiger partial charge in [0, 0.05) is 29.7 Å². The number of hydroxylamine groups is 2. The van der Waals surface area contributed by atoms with Crippen molar-refractivity contribution in [2.45, 2.75) is 102 Å². The molecule has 2 fully saturated rings. The lowest BCUT2D eigenvalue weighted by Crippen LogP contribution is -2.63. The molecule has 1 aliphatic carbocycles. The fourth-order valence-electron chi connectivity index (χ4n) is 4.20. The van der Waals surface area contributed by atoms with Crippen molar-refractivity contribution in [1.82, 2.24) is 5.06 Å². The van der Waals surface area contributed by atoms with Crippen LogP contribution in [-0.2, 0) is 14.4 Å². The van der Waals surface area contributed by atoms with Crippen molar-refractivity contribution in [3.05, 3.63) is 0 Å². The molecule has 1 aliphatic heterocycles. The van der Waals surface area contributed by atoms with Gasteiger partial charge in [-0.25, -0.2) is 0 Å². The van der Waals surface area contributed by atoms with Crippen molar-refractivity contribution in [3.63, 3.8) is 0 Å². The molecule has 0 spiro atoms. The van der Waals surface area contributed by atoms with Crippen LogP contribution in [0.2, 0.25) is 0 Å². The summed E-state index contributed by atoms with van der Waals surface area (Å²) in [4.78, 5) is 18.3. The van der Waals surface area contributed by atoms with Crippen LogP contribution in [0.15, 0.2) is 0 Å². The van der Waals surface area contributed by atoms with Gasteiger partial charge in [0.2, 0.25) is 0 Å². The molecule has 0 aromatic heterocycles. The Balaban J connectivity index is 2.02. The third-order valence-electron chi connectivity index (χ3n) is 4.97. The highest BCUT2D eigenvalue weighted by Gasteiger charge is 2.48.